The average molecular weight is 438 g/mol. The summed E-state index contributed by atoms with van der Waals surface area (Å²) in [6, 6.07) is 4.58. The molecule has 3 heterocycles. The lowest BCUT2D eigenvalue weighted by atomic mass is 10.0. The summed E-state index contributed by atoms with van der Waals surface area (Å²) in [7, 11) is 0. The monoisotopic (exact) mass is 437 g/mol. The fraction of sp³-hybridized carbons (Fsp3) is 0.538. The molecule has 0 amide bonds. The Morgan fingerprint density at radius 2 is 1.69 bits per heavy atom. The number of hydrogen-bond donors (Lipinski definition) is 2. The van der Waals surface area contributed by atoms with Crippen LogP contribution in [0.25, 0.3) is 21.9 Å². The van der Waals surface area contributed by atoms with E-state index in [9.17, 15) is 4.79 Å². The first-order chi connectivity index (χ1) is 15.3. The van der Waals surface area contributed by atoms with E-state index in [1.165, 1.54) is 10.9 Å². The maximum atomic E-state index is 13.2. The third kappa shape index (κ3) is 4.15. The third-order valence-corrected chi connectivity index (χ3v) is 6.04. The second kappa shape index (κ2) is 9.80. The molecule has 2 N–H and O–H groups in total. The molecule has 0 unspecified atom stereocenters. The van der Waals surface area contributed by atoms with Crippen LogP contribution in [0.1, 0.15) is 98.0 Å². The summed E-state index contributed by atoms with van der Waals surface area (Å²) in [5.74, 6) is 0. The molecule has 0 aliphatic carbocycles. The van der Waals surface area contributed by atoms with Crippen molar-refractivity contribution in [2.24, 2.45) is 5.10 Å². The van der Waals surface area contributed by atoms with Crippen LogP contribution in [0.2, 0.25) is 0 Å². The number of imidazole rings is 1. The fourth-order valence-corrected chi connectivity index (χ4v) is 4.60. The summed E-state index contributed by atoms with van der Waals surface area (Å²) in [6.45, 7) is 16.5. The van der Waals surface area contributed by atoms with E-state index >= 15 is 0 Å². The van der Waals surface area contributed by atoms with E-state index < -0.39 is 0 Å². The molecule has 4 rings (SSSR count). The summed E-state index contributed by atoms with van der Waals surface area (Å²) in [4.78, 5) is 16.8. The van der Waals surface area contributed by atoms with Gasteiger partial charge in [0.2, 0.25) is 0 Å². The van der Waals surface area contributed by atoms with Gasteiger partial charge in [-0.05, 0) is 78.0 Å². The topological polar surface area (TPSA) is 67.1 Å². The number of H-pyrrole nitrogens is 1. The molecular formula is C26H39N5O. The van der Waals surface area contributed by atoms with Crippen molar-refractivity contribution in [3.8, 4) is 0 Å². The van der Waals surface area contributed by atoms with Gasteiger partial charge in [0.25, 0.3) is 0 Å². The fourth-order valence-electron chi connectivity index (χ4n) is 4.60. The van der Waals surface area contributed by atoms with Crippen molar-refractivity contribution in [2.45, 2.75) is 93.2 Å². The molecule has 6 nitrogen and oxygen atoms in total. The Kier molecular flexibility index (Phi) is 7.32. The number of nitrogens with one attached hydrogen (secondary N) is 2. The lowest BCUT2D eigenvalue weighted by Crippen LogP contribution is -2.26. The normalized spacial score (nSPS) is 17.9. The summed E-state index contributed by atoms with van der Waals surface area (Å²) < 4.78 is 3.84. The summed E-state index contributed by atoms with van der Waals surface area (Å²) in [5, 5.41) is 5.89. The van der Waals surface area contributed by atoms with E-state index in [-0.39, 0.29) is 17.8 Å². The van der Waals surface area contributed by atoms with Crippen molar-refractivity contribution in [1.82, 2.24) is 19.5 Å². The van der Waals surface area contributed by atoms with Crippen LogP contribution >= 0.6 is 0 Å². The smallest absolute Gasteiger partial charge is 0.329 e. The number of hydrazone groups is 1. The van der Waals surface area contributed by atoms with E-state index in [4.69, 9.17) is 5.10 Å². The molecule has 0 radical (unpaired) electrons. The standard InChI is InChI=1S/C24H33N5O.C2H6/c1-7-19-23-17(11-9-8-10-16(6)26-27-19)18-12-21-22(13-20(18)25-23)29(15(4)5)24(30)28(21)14(2)3;1-2/h10,12-15,25-26H,7-9,11H2,1-6H3;1-2H3/b16-10+,27-19+;. The highest BCUT2D eigenvalue weighted by Crippen LogP contribution is 2.31. The summed E-state index contributed by atoms with van der Waals surface area (Å²) in [5.41, 5.74) is 10.9. The van der Waals surface area contributed by atoms with Crippen molar-refractivity contribution in [2.75, 3.05) is 0 Å². The molecule has 0 saturated heterocycles. The van der Waals surface area contributed by atoms with Crippen molar-refractivity contribution in [3.63, 3.8) is 0 Å². The molecule has 174 valence electrons. The number of rotatable bonds is 3. The molecule has 0 saturated carbocycles. The molecule has 0 bridgehead atoms. The predicted octanol–water partition coefficient (Wildman–Crippen LogP) is 6.42. The van der Waals surface area contributed by atoms with Crippen molar-refractivity contribution < 1.29 is 0 Å². The Morgan fingerprint density at radius 1 is 1.06 bits per heavy atom. The largest absolute Gasteiger partial charge is 0.353 e. The SMILES string of the molecule is CC.CC/C1=N\N/C(C)=C/CCCc2c1[nH]c1cc3c(cc21)n(C(C)C)c(=O)n3C(C)C. The van der Waals surface area contributed by atoms with Crippen LogP contribution in [0.5, 0.6) is 0 Å². The molecule has 1 aliphatic rings. The van der Waals surface area contributed by atoms with Crippen LogP contribution in [-0.2, 0) is 6.42 Å². The van der Waals surface area contributed by atoms with Gasteiger partial charge < -0.3 is 4.98 Å². The van der Waals surface area contributed by atoms with Gasteiger partial charge in [0.1, 0.15) is 0 Å². The molecule has 0 spiro atoms. The third-order valence-electron chi connectivity index (χ3n) is 6.04. The zero-order valence-electron chi connectivity index (χ0n) is 21.0. The van der Waals surface area contributed by atoms with E-state index in [1.807, 2.05) is 23.0 Å². The first kappa shape index (κ1) is 23.9. The Balaban J connectivity index is 0.00000141. The Morgan fingerprint density at radius 3 is 2.28 bits per heavy atom. The van der Waals surface area contributed by atoms with Crippen LogP contribution < -0.4 is 11.1 Å². The molecule has 1 aromatic carbocycles. The average Bonchev–Trinajstić information content (AvgIpc) is 3.25. The van der Waals surface area contributed by atoms with Crippen LogP contribution in [0.4, 0.5) is 0 Å². The number of hydrogen-bond acceptors (Lipinski definition) is 3. The highest BCUT2D eigenvalue weighted by atomic mass is 16.1. The van der Waals surface area contributed by atoms with Gasteiger partial charge in [0.15, 0.2) is 0 Å². The zero-order chi connectivity index (χ0) is 23.6. The lowest BCUT2D eigenvalue weighted by molar-refractivity contribution is 0.533. The highest BCUT2D eigenvalue weighted by molar-refractivity contribution is 6.07. The number of benzene rings is 1. The number of fused-ring (bicyclic) bond motifs is 4. The second-order valence-corrected chi connectivity index (χ2v) is 8.88. The van der Waals surface area contributed by atoms with Crippen LogP contribution in [-0.4, -0.2) is 19.8 Å². The number of allylic oxidation sites excluding steroid dienone is 2. The highest BCUT2D eigenvalue weighted by Gasteiger charge is 2.22. The predicted molar refractivity (Wildman–Crippen MR) is 137 cm³/mol. The molecule has 0 atom stereocenters. The van der Waals surface area contributed by atoms with Crippen LogP contribution in [0.15, 0.2) is 33.8 Å². The quantitative estimate of drug-likeness (QED) is 0.497. The van der Waals surface area contributed by atoms with Gasteiger partial charge in [-0.1, -0.05) is 26.8 Å². The van der Waals surface area contributed by atoms with Gasteiger partial charge in [0.05, 0.1) is 22.4 Å². The van der Waals surface area contributed by atoms with Gasteiger partial charge in [-0.2, -0.15) is 5.10 Å². The Labute approximate surface area is 191 Å². The number of aromatic nitrogens is 3. The van der Waals surface area contributed by atoms with Gasteiger partial charge in [-0.3, -0.25) is 14.6 Å². The minimum atomic E-state index is 0.0689. The molecule has 0 fully saturated rings. The Bertz CT molecular complexity index is 1220. The van der Waals surface area contributed by atoms with Crippen molar-refractivity contribution >= 4 is 27.6 Å². The van der Waals surface area contributed by atoms with Gasteiger partial charge >= 0.3 is 5.69 Å². The number of aromatic amines is 1. The molecule has 32 heavy (non-hydrogen) atoms. The molecule has 2 aromatic heterocycles. The summed E-state index contributed by atoms with van der Waals surface area (Å²) in [6.07, 6.45) is 6.14. The second-order valence-electron chi connectivity index (χ2n) is 8.88. The number of aryl methyl sites for hydroxylation is 1. The first-order valence-corrected chi connectivity index (χ1v) is 12.1. The minimum absolute atomic E-state index is 0.0689. The zero-order valence-corrected chi connectivity index (χ0v) is 21.0. The molecule has 3 aromatic rings. The lowest BCUT2D eigenvalue weighted by Gasteiger charge is -2.10. The number of nitrogens with zero attached hydrogens (tertiary/aromatic N) is 3. The molecular weight excluding hydrogens is 398 g/mol. The van der Waals surface area contributed by atoms with Gasteiger partial charge in [-0.25, -0.2) is 4.79 Å². The minimum Gasteiger partial charge on any atom is -0.353 e. The molecule has 1 aliphatic heterocycles. The van der Waals surface area contributed by atoms with E-state index in [2.05, 4.69) is 70.2 Å². The van der Waals surface area contributed by atoms with E-state index in [0.717, 1.165) is 59.3 Å². The summed E-state index contributed by atoms with van der Waals surface area (Å²) >= 11 is 0. The van der Waals surface area contributed by atoms with Gasteiger partial charge in [0, 0.05) is 28.7 Å². The Hall–Kier alpha value is -2.76. The van der Waals surface area contributed by atoms with Crippen molar-refractivity contribution in [1.29, 1.82) is 0 Å². The first-order valence-electron chi connectivity index (χ1n) is 12.1. The van der Waals surface area contributed by atoms with Crippen molar-refractivity contribution in [3.05, 3.63) is 45.6 Å². The van der Waals surface area contributed by atoms with Crippen LogP contribution in [0, 0.1) is 0 Å². The van der Waals surface area contributed by atoms with Crippen LogP contribution in [0.3, 0.4) is 0 Å². The molecule has 6 heteroatoms. The maximum Gasteiger partial charge on any atom is 0.329 e. The van der Waals surface area contributed by atoms with E-state index in [1.54, 1.807) is 0 Å². The maximum absolute atomic E-state index is 13.2. The van der Waals surface area contributed by atoms with Gasteiger partial charge in [-0.15, -0.1) is 0 Å². The van der Waals surface area contributed by atoms with E-state index in [0.29, 0.717) is 0 Å².